The minimum absolute atomic E-state index is 0.645. The van der Waals surface area contributed by atoms with Gasteiger partial charge in [0.1, 0.15) is 0 Å². The standard InChI is InChI=1S/C13H20BrNO/c1-15-10-12(7-8-16-2)9-11-3-5-13(14)6-4-11/h3-6,12,15H,7-10H2,1-2H3. The Labute approximate surface area is 107 Å². The van der Waals surface area contributed by atoms with Crippen LogP contribution in [0.25, 0.3) is 0 Å². The Bertz CT molecular complexity index is 286. The normalized spacial score (nSPS) is 12.7. The molecule has 3 heteroatoms. The molecular formula is C13H20BrNO. The van der Waals surface area contributed by atoms with E-state index in [1.54, 1.807) is 7.11 Å². The first-order chi connectivity index (χ1) is 7.76. The van der Waals surface area contributed by atoms with Crippen LogP contribution in [0.1, 0.15) is 12.0 Å². The van der Waals surface area contributed by atoms with E-state index in [-0.39, 0.29) is 0 Å². The van der Waals surface area contributed by atoms with Gasteiger partial charge in [0.15, 0.2) is 0 Å². The van der Waals surface area contributed by atoms with E-state index in [9.17, 15) is 0 Å². The van der Waals surface area contributed by atoms with Crippen LogP contribution in [-0.2, 0) is 11.2 Å². The zero-order valence-electron chi connectivity index (χ0n) is 10.0. The summed E-state index contributed by atoms with van der Waals surface area (Å²) in [6.07, 6.45) is 2.21. The van der Waals surface area contributed by atoms with E-state index in [1.165, 1.54) is 5.56 Å². The van der Waals surface area contributed by atoms with Gasteiger partial charge in [0.05, 0.1) is 0 Å². The number of hydrogen-bond acceptors (Lipinski definition) is 2. The van der Waals surface area contributed by atoms with Gasteiger partial charge in [-0.1, -0.05) is 28.1 Å². The zero-order chi connectivity index (χ0) is 11.8. The van der Waals surface area contributed by atoms with Gasteiger partial charge in [-0.2, -0.15) is 0 Å². The Kier molecular flexibility index (Phi) is 6.69. The van der Waals surface area contributed by atoms with Gasteiger partial charge < -0.3 is 10.1 Å². The third-order valence-corrected chi connectivity index (χ3v) is 3.19. The lowest BCUT2D eigenvalue weighted by atomic mass is 9.96. The van der Waals surface area contributed by atoms with Gasteiger partial charge >= 0.3 is 0 Å². The third kappa shape index (κ3) is 5.10. The van der Waals surface area contributed by atoms with E-state index < -0.39 is 0 Å². The lowest BCUT2D eigenvalue weighted by Crippen LogP contribution is -2.22. The fourth-order valence-electron chi connectivity index (χ4n) is 1.80. The van der Waals surface area contributed by atoms with Gasteiger partial charge in [0.25, 0.3) is 0 Å². The predicted molar refractivity (Wildman–Crippen MR) is 71.8 cm³/mol. The summed E-state index contributed by atoms with van der Waals surface area (Å²) in [6, 6.07) is 8.56. The molecule has 2 nitrogen and oxygen atoms in total. The molecule has 1 aromatic rings. The number of ether oxygens (including phenoxy) is 1. The summed E-state index contributed by atoms with van der Waals surface area (Å²) in [7, 11) is 3.76. The van der Waals surface area contributed by atoms with Gasteiger partial charge in [-0.25, -0.2) is 0 Å². The molecule has 0 bridgehead atoms. The Balaban J connectivity index is 2.49. The molecule has 0 aromatic heterocycles. The van der Waals surface area contributed by atoms with Crippen molar-refractivity contribution in [3.05, 3.63) is 34.3 Å². The van der Waals surface area contributed by atoms with Gasteiger partial charge in [-0.15, -0.1) is 0 Å². The summed E-state index contributed by atoms with van der Waals surface area (Å²) in [4.78, 5) is 0. The van der Waals surface area contributed by atoms with E-state index >= 15 is 0 Å². The van der Waals surface area contributed by atoms with Gasteiger partial charge in [0, 0.05) is 18.2 Å². The van der Waals surface area contributed by atoms with E-state index in [0.717, 1.165) is 30.5 Å². The lowest BCUT2D eigenvalue weighted by Gasteiger charge is -2.16. The maximum absolute atomic E-state index is 5.14. The highest BCUT2D eigenvalue weighted by Gasteiger charge is 2.08. The minimum atomic E-state index is 0.645. The first kappa shape index (κ1) is 13.7. The zero-order valence-corrected chi connectivity index (χ0v) is 11.6. The molecule has 1 N–H and O–H groups in total. The van der Waals surface area contributed by atoms with Crippen LogP contribution in [0.4, 0.5) is 0 Å². The first-order valence-corrected chi connectivity index (χ1v) is 6.43. The highest BCUT2D eigenvalue weighted by Crippen LogP contribution is 2.15. The highest BCUT2D eigenvalue weighted by molar-refractivity contribution is 9.10. The Morgan fingerprint density at radius 2 is 2.00 bits per heavy atom. The van der Waals surface area contributed by atoms with Crippen LogP contribution < -0.4 is 5.32 Å². The quantitative estimate of drug-likeness (QED) is 0.832. The molecule has 0 fully saturated rings. The molecule has 0 heterocycles. The van der Waals surface area contributed by atoms with Gasteiger partial charge in [0.2, 0.25) is 0 Å². The summed E-state index contributed by atoms with van der Waals surface area (Å²) in [5.41, 5.74) is 1.39. The fraction of sp³-hybridized carbons (Fsp3) is 0.538. The van der Waals surface area contributed by atoms with E-state index in [0.29, 0.717) is 5.92 Å². The van der Waals surface area contributed by atoms with E-state index in [2.05, 4.69) is 45.5 Å². The Morgan fingerprint density at radius 1 is 1.31 bits per heavy atom. The largest absolute Gasteiger partial charge is 0.385 e. The van der Waals surface area contributed by atoms with Crippen molar-refractivity contribution < 1.29 is 4.74 Å². The number of hydrogen-bond donors (Lipinski definition) is 1. The number of nitrogens with one attached hydrogen (secondary N) is 1. The average molecular weight is 286 g/mol. The maximum Gasteiger partial charge on any atom is 0.0465 e. The van der Waals surface area contributed by atoms with E-state index in [4.69, 9.17) is 4.74 Å². The average Bonchev–Trinajstić information content (AvgIpc) is 2.29. The molecule has 0 saturated carbocycles. The number of halogens is 1. The molecule has 1 rings (SSSR count). The maximum atomic E-state index is 5.14. The van der Waals surface area contributed by atoms with Crippen molar-refractivity contribution in [1.82, 2.24) is 5.32 Å². The summed E-state index contributed by atoms with van der Waals surface area (Å²) < 4.78 is 6.28. The minimum Gasteiger partial charge on any atom is -0.385 e. The molecule has 0 spiro atoms. The summed E-state index contributed by atoms with van der Waals surface area (Å²) in [5.74, 6) is 0.645. The Hall–Kier alpha value is -0.380. The second-order valence-corrected chi connectivity index (χ2v) is 4.95. The Morgan fingerprint density at radius 3 is 2.56 bits per heavy atom. The van der Waals surface area contributed by atoms with Gasteiger partial charge in [-0.3, -0.25) is 0 Å². The molecule has 0 aliphatic rings. The number of methoxy groups -OCH3 is 1. The molecule has 0 aliphatic carbocycles. The molecule has 1 unspecified atom stereocenters. The summed E-state index contributed by atoms with van der Waals surface area (Å²) in [5, 5.41) is 3.24. The van der Waals surface area contributed by atoms with Crippen LogP contribution in [0.2, 0.25) is 0 Å². The van der Waals surface area contributed by atoms with Crippen molar-refractivity contribution in [2.45, 2.75) is 12.8 Å². The summed E-state index contributed by atoms with van der Waals surface area (Å²) >= 11 is 3.45. The SMILES string of the molecule is CNCC(CCOC)Cc1ccc(Br)cc1. The van der Waals surface area contributed by atoms with Crippen molar-refractivity contribution in [3.63, 3.8) is 0 Å². The molecule has 0 saturated heterocycles. The second-order valence-electron chi connectivity index (χ2n) is 4.04. The molecule has 0 radical (unpaired) electrons. The molecule has 1 atom stereocenters. The number of benzene rings is 1. The van der Waals surface area contributed by atoms with E-state index in [1.807, 2.05) is 7.05 Å². The highest BCUT2D eigenvalue weighted by atomic mass is 79.9. The predicted octanol–water partition coefficient (Wildman–Crippen LogP) is 2.86. The lowest BCUT2D eigenvalue weighted by molar-refractivity contribution is 0.176. The van der Waals surface area contributed by atoms with Crippen LogP contribution >= 0.6 is 15.9 Å². The van der Waals surface area contributed by atoms with Gasteiger partial charge in [-0.05, 0) is 50.0 Å². The molecule has 90 valence electrons. The van der Waals surface area contributed by atoms with Crippen molar-refractivity contribution in [3.8, 4) is 0 Å². The smallest absolute Gasteiger partial charge is 0.0465 e. The van der Waals surface area contributed by atoms with Crippen molar-refractivity contribution in [1.29, 1.82) is 0 Å². The van der Waals surface area contributed by atoms with Crippen LogP contribution in [0.5, 0.6) is 0 Å². The van der Waals surface area contributed by atoms with Crippen molar-refractivity contribution in [2.24, 2.45) is 5.92 Å². The van der Waals surface area contributed by atoms with Crippen molar-refractivity contribution in [2.75, 3.05) is 27.3 Å². The third-order valence-electron chi connectivity index (χ3n) is 2.66. The van der Waals surface area contributed by atoms with Crippen LogP contribution in [0, 0.1) is 5.92 Å². The molecule has 16 heavy (non-hydrogen) atoms. The monoisotopic (exact) mass is 285 g/mol. The second kappa shape index (κ2) is 7.82. The first-order valence-electron chi connectivity index (χ1n) is 5.64. The number of rotatable bonds is 7. The van der Waals surface area contributed by atoms with Crippen LogP contribution in [0.3, 0.4) is 0 Å². The molecule has 1 aromatic carbocycles. The molecule has 0 amide bonds. The van der Waals surface area contributed by atoms with Crippen LogP contribution in [-0.4, -0.2) is 27.3 Å². The topological polar surface area (TPSA) is 21.3 Å². The van der Waals surface area contributed by atoms with Crippen LogP contribution in [0.15, 0.2) is 28.7 Å². The fourth-order valence-corrected chi connectivity index (χ4v) is 2.07. The molecule has 0 aliphatic heterocycles. The summed E-state index contributed by atoms with van der Waals surface area (Å²) in [6.45, 7) is 1.88. The van der Waals surface area contributed by atoms with Crippen molar-refractivity contribution >= 4 is 15.9 Å². The molecular weight excluding hydrogens is 266 g/mol.